The van der Waals surface area contributed by atoms with E-state index in [4.69, 9.17) is 9.15 Å². The van der Waals surface area contributed by atoms with Crippen LogP contribution in [0.1, 0.15) is 32.0 Å². The fourth-order valence-electron chi connectivity index (χ4n) is 3.72. The second-order valence-corrected chi connectivity index (χ2v) is 7.88. The van der Waals surface area contributed by atoms with Crippen LogP contribution in [0.4, 0.5) is 4.39 Å². The van der Waals surface area contributed by atoms with Crippen LogP contribution in [0, 0.1) is 12.7 Å². The Balaban J connectivity index is 1.48. The lowest BCUT2D eigenvalue weighted by Crippen LogP contribution is -2.50. The van der Waals surface area contributed by atoms with Gasteiger partial charge in [0.15, 0.2) is 0 Å². The molecule has 32 heavy (non-hydrogen) atoms. The molecule has 4 rings (SSSR count). The lowest BCUT2D eigenvalue weighted by molar-refractivity contribution is -0.0344. The number of benzene rings is 2. The Kier molecular flexibility index (Phi) is 6.66. The van der Waals surface area contributed by atoms with Gasteiger partial charge < -0.3 is 19.0 Å². The molecule has 2 amide bonds. The van der Waals surface area contributed by atoms with Crippen LogP contribution in [0.2, 0.25) is 0 Å². The predicted molar refractivity (Wildman–Crippen MR) is 117 cm³/mol. The van der Waals surface area contributed by atoms with Gasteiger partial charge in [-0.1, -0.05) is 17.7 Å². The second-order valence-electron chi connectivity index (χ2n) is 7.88. The number of ether oxygens (including phenoxy) is 1. The van der Waals surface area contributed by atoms with Crippen molar-refractivity contribution in [1.82, 2.24) is 9.80 Å². The van der Waals surface area contributed by atoms with Crippen LogP contribution in [-0.4, -0.2) is 54.0 Å². The van der Waals surface area contributed by atoms with Crippen LogP contribution in [-0.2, 0) is 11.3 Å². The van der Waals surface area contributed by atoms with E-state index in [0.717, 1.165) is 5.56 Å². The van der Waals surface area contributed by atoms with Crippen LogP contribution in [0.5, 0.6) is 0 Å². The number of halogens is 1. The molecule has 166 valence electrons. The second kappa shape index (κ2) is 9.78. The molecule has 2 aromatic carbocycles. The van der Waals surface area contributed by atoms with Gasteiger partial charge in [0.1, 0.15) is 11.6 Å². The highest BCUT2D eigenvalue weighted by Crippen LogP contribution is 2.17. The van der Waals surface area contributed by atoms with Gasteiger partial charge in [0.05, 0.1) is 25.5 Å². The standard InChI is InChI=1S/C25H25FN2O4/c1-18-4-6-19(7-5-18)24(29)27-12-14-32-23(16-27)17-28(15-22-3-2-13-31-22)25(30)20-8-10-21(26)11-9-20/h2-11,13,23H,12,14-17H2,1H3. The maximum Gasteiger partial charge on any atom is 0.254 e. The minimum Gasteiger partial charge on any atom is -0.467 e. The Bertz CT molecular complexity index is 1050. The van der Waals surface area contributed by atoms with Gasteiger partial charge >= 0.3 is 0 Å². The molecule has 0 aliphatic carbocycles. The monoisotopic (exact) mass is 436 g/mol. The Hall–Kier alpha value is -3.45. The molecule has 1 saturated heterocycles. The smallest absolute Gasteiger partial charge is 0.254 e. The Morgan fingerprint density at radius 3 is 2.47 bits per heavy atom. The molecule has 0 bridgehead atoms. The van der Waals surface area contributed by atoms with Gasteiger partial charge in [-0.25, -0.2) is 4.39 Å². The van der Waals surface area contributed by atoms with Gasteiger partial charge in [-0.15, -0.1) is 0 Å². The lowest BCUT2D eigenvalue weighted by atomic mass is 10.1. The molecule has 1 atom stereocenters. The third kappa shape index (κ3) is 5.23. The van der Waals surface area contributed by atoms with E-state index in [9.17, 15) is 14.0 Å². The zero-order valence-electron chi connectivity index (χ0n) is 17.9. The van der Waals surface area contributed by atoms with E-state index in [-0.39, 0.29) is 31.0 Å². The van der Waals surface area contributed by atoms with E-state index in [1.807, 2.05) is 31.2 Å². The van der Waals surface area contributed by atoms with Gasteiger partial charge in [0.25, 0.3) is 11.8 Å². The third-order valence-electron chi connectivity index (χ3n) is 5.45. The molecule has 2 heterocycles. The summed E-state index contributed by atoms with van der Waals surface area (Å²) < 4.78 is 24.6. The molecule has 1 aliphatic heterocycles. The summed E-state index contributed by atoms with van der Waals surface area (Å²) in [5.74, 6) is -0.0865. The molecule has 1 fully saturated rings. The first-order valence-corrected chi connectivity index (χ1v) is 10.5. The largest absolute Gasteiger partial charge is 0.467 e. The lowest BCUT2D eigenvalue weighted by Gasteiger charge is -2.35. The summed E-state index contributed by atoms with van der Waals surface area (Å²) in [6.07, 6.45) is 1.20. The summed E-state index contributed by atoms with van der Waals surface area (Å²) in [7, 11) is 0. The molecular weight excluding hydrogens is 411 g/mol. The summed E-state index contributed by atoms with van der Waals surface area (Å²) >= 11 is 0. The number of furan rings is 1. The first-order chi connectivity index (χ1) is 15.5. The Labute approximate surface area is 186 Å². The number of amides is 2. The topological polar surface area (TPSA) is 63.0 Å². The number of hydrogen-bond donors (Lipinski definition) is 0. The van der Waals surface area contributed by atoms with Gasteiger partial charge in [-0.2, -0.15) is 0 Å². The summed E-state index contributed by atoms with van der Waals surface area (Å²) in [6.45, 7) is 3.75. The van der Waals surface area contributed by atoms with E-state index in [1.54, 1.807) is 28.2 Å². The molecule has 1 aliphatic rings. The molecule has 1 aromatic heterocycles. The van der Waals surface area contributed by atoms with Crippen molar-refractivity contribution in [3.63, 3.8) is 0 Å². The average molecular weight is 436 g/mol. The van der Waals surface area contributed by atoms with Crippen molar-refractivity contribution < 1.29 is 23.1 Å². The van der Waals surface area contributed by atoms with Gasteiger partial charge in [-0.05, 0) is 55.5 Å². The summed E-state index contributed by atoms with van der Waals surface area (Å²) in [5, 5.41) is 0. The van der Waals surface area contributed by atoms with Crippen LogP contribution < -0.4 is 0 Å². The van der Waals surface area contributed by atoms with E-state index < -0.39 is 5.82 Å². The van der Waals surface area contributed by atoms with Crippen molar-refractivity contribution >= 4 is 11.8 Å². The Morgan fingerprint density at radius 2 is 1.78 bits per heavy atom. The number of aryl methyl sites for hydroxylation is 1. The first-order valence-electron chi connectivity index (χ1n) is 10.5. The molecule has 6 nitrogen and oxygen atoms in total. The summed E-state index contributed by atoms with van der Waals surface area (Å²) in [4.78, 5) is 29.4. The number of carbonyl (C=O) groups is 2. The normalized spacial score (nSPS) is 16.1. The summed E-state index contributed by atoms with van der Waals surface area (Å²) in [6, 6.07) is 16.5. The number of morpholine rings is 1. The van der Waals surface area contributed by atoms with Crippen molar-refractivity contribution in [3.8, 4) is 0 Å². The van der Waals surface area contributed by atoms with E-state index in [1.165, 1.54) is 24.3 Å². The molecule has 0 saturated carbocycles. The summed E-state index contributed by atoms with van der Waals surface area (Å²) in [5.41, 5.74) is 2.10. The van der Waals surface area contributed by atoms with Crippen molar-refractivity contribution in [2.45, 2.75) is 19.6 Å². The van der Waals surface area contributed by atoms with Crippen LogP contribution in [0.15, 0.2) is 71.3 Å². The number of carbonyl (C=O) groups excluding carboxylic acids is 2. The first kappa shape index (κ1) is 21.8. The zero-order chi connectivity index (χ0) is 22.5. The van der Waals surface area contributed by atoms with Gasteiger partial charge in [0.2, 0.25) is 0 Å². The molecule has 1 unspecified atom stereocenters. The predicted octanol–water partition coefficient (Wildman–Crippen LogP) is 3.91. The van der Waals surface area contributed by atoms with E-state index >= 15 is 0 Å². The van der Waals surface area contributed by atoms with Crippen molar-refractivity contribution in [3.05, 3.63) is 95.2 Å². The molecule has 7 heteroatoms. The average Bonchev–Trinajstić information content (AvgIpc) is 3.32. The van der Waals surface area contributed by atoms with Gasteiger partial charge in [-0.3, -0.25) is 9.59 Å². The maximum atomic E-state index is 13.3. The number of hydrogen-bond acceptors (Lipinski definition) is 4. The number of nitrogens with zero attached hydrogens (tertiary/aromatic N) is 2. The molecule has 3 aromatic rings. The zero-order valence-corrected chi connectivity index (χ0v) is 17.9. The van der Waals surface area contributed by atoms with E-state index in [0.29, 0.717) is 36.6 Å². The van der Waals surface area contributed by atoms with Crippen LogP contribution in [0.25, 0.3) is 0 Å². The highest BCUT2D eigenvalue weighted by Gasteiger charge is 2.29. The molecule has 0 N–H and O–H groups in total. The SMILES string of the molecule is Cc1ccc(C(=O)N2CCOC(CN(Cc3ccco3)C(=O)c3ccc(F)cc3)C2)cc1. The van der Waals surface area contributed by atoms with Crippen molar-refractivity contribution in [1.29, 1.82) is 0 Å². The van der Waals surface area contributed by atoms with E-state index in [2.05, 4.69) is 0 Å². The molecule has 0 radical (unpaired) electrons. The molecule has 0 spiro atoms. The van der Waals surface area contributed by atoms with Crippen LogP contribution in [0.3, 0.4) is 0 Å². The van der Waals surface area contributed by atoms with Gasteiger partial charge in [0, 0.05) is 30.8 Å². The molecular formula is C25H25FN2O4. The number of rotatable bonds is 6. The Morgan fingerprint density at radius 1 is 1.06 bits per heavy atom. The minimum absolute atomic E-state index is 0.0549. The van der Waals surface area contributed by atoms with Crippen molar-refractivity contribution in [2.75, 3.05) is 26.2 Å². The highest BCUT2D eigenvalue weighted by molar-refractivity contribution is 5.95. The quantitative estimate of drug-likeness (QED) is 0.588. The van der Waals surface area contributed by atoms with Crippen LogP contribution >= 0.6 is 0 Å². The maximum absolute atomic E-state index is 13.3. The highest BCUT2D eigenvalue weighted by atomic mass is 19.1. The van der Waals surface area contributed by atoms with Crippen molar-refractivity contribution in [2.24, 2.45) is 0 Å². The fraction of sp³-hybridized carbons (Fsp3) is 0.280. The fourth-order valence-corrected chi connectivity index (χ4v) is 3.72. The minimum atomic E-state index is -0.403. The third-order valence-corrected chi connectivity index (χ3v) is 5.45.